The molecular weight excluding hydrogens is 302 g/mol. The van der Waals surface area contributed by atoms with Crippen LogP contribution >= 0.6 is 0 Å². The summed E-state index contributed by atoms with van der Waals surface area (Å²) >= 11 is 0. The normalized spacial score (nSPS) is 10.2. The average Bonchev–Trinajstić information content (AvgIpc) is 2.61. The predicted molar refractivity (Wildman–Crippen MR) is 94.6 cm³/mol. The third kappa shape index (κ3) is 3.98. The van der Waals surface area contributed by atoms with E-state index in [9.17, 15) is 0 Å². The molecule has 6 nitrogen and oxygen atoms in total. The van der Waals surface area contributed by atoms with Crippen molar-refractivity contribution in [2.75, 3.05) is 17.7 Å². The van der Waals surface area contributed by atoms with Crippen LogP contribution in [0.1, 0.15) is 11.1 Å². The maximum absolute atomic E-state index is 5.38. The van der Waals surface area contributed by atoms with Gasteiger partial charge in [-0.2, -0.15) is 0 Å². The molecule has 0 amide bonds. The van der Waals surface area contributed by atoms with E-state index in [-0.39, 0.29) is 0 Å². The number of pyridine rings is 1. The van der Waals surface area contributed by atoms with Crippen LogP contribution in [0.2, 0.25) is 0 Å². The second kappa shape index (κ2) is 7.41. The highest BCUT2D eigenvalue weighted by Gasteiger charge is 2.05. The summed E-state index contributed by atoms with van der Waals surface area (Å²) in [5.74, 6) is 2.22. The number of aromatic nitrogens is 3. The molecule has 0 bridgehead atoms. The van der Waals surface area contributed by atoms with Crippen LogP contribution in [0.25, 0.3) is 0 Å². The Labute approximate surface area is 141 Å². The zero-order valence-electron chi connectivity index (χ0n) is 13.7. The van der Waals surface area contributed by atoms with Crippen LogP contribution in [-0.2, 0) is 6.54 Å². The van der Waals surface area contributed by atoms with Crippen molar-refractivity contribution in [2.45, 2.75) is 13.5 Å². The molecule has 0 aliphatic heterocycles. The van der Waals surface area contributed by atoms with Gasteiger partial charge >= 0.3 is 0 Å². The monoisotopic (exact) mass is 321 g/mol. The lowest BCUT2D eigenvalue weighted by molar-refractivity contribution is 0.416. The van der Waals surface area contributed by atoms with Crippen LogP contribution in [0.15, 0.2) is 55.1 Å². The number of ether oxygens (including phenoxy) is 1. The second-order valence-corrected chi connectivity index (χ2v) is 5.33. The lowest BCUT2D eigenvalue weighted by Crippen LogP contribution is -2.03. The Morgan fingerprint density at radius 2 is 1.79 bits per heavy atom. The molecule has 3 rings (SSSR count). The average molecular weight is 321 g/mol. The van der Waals surface area contributed by atoms with Crippen molar-refractivity contribution in [3.05, 3.63) is 66.2 Å². The first-order valence-corrected chi connectivity index (χ1v) is 7.61. The van der Waals surface area contributed by atoms with Crippen LogP contribution in [0, 0.1) is 6.92 Å². The van der Waals surface area contributed by atoms with Crippen molar-refractivity contribution in [1.82, 2.24) is 15.0 Å². The lowest BCUT2D eigenvalue weighted by atomic mass is 10.2. The summed E-state index contributed by atoms with van der Waals surface area (Å²) in [6.45, 7) is 2.71. The van der Waals surface area contributed by atoms with Gasteiger partial charge in [-0.15, -0.1) is 0 Å². The topological polar surface area (TPSA) is 72.0 Å². The van der Waals surface area contributed by atoms with Gasteiger partial charge in [0.05, 0.1) is 12.8 Å². The van der Waals surface area contributed by atoms with Gasteiger partial charge in [0.25, 0.3) is 0 Å². The molecule has 0 radical (unpaired) electrons. The van der Waals surface area contributed by atoms with E-state index < -0.39 is 0 Å². The van der Waals surface area contributed by atoms with Crippen molar-refractivity contribution >= 4 is 17.3 Å². The smallest absolute Gasteiger partial charge is 0.142 e. The number of methoxy groups -OCH3 is 1. The molecule has 2 aromatic heterocycles. The molecular formula is C18H19N5O. The van der Waals surface area contributed by atoms with E-state index in [0.717, 1.165) is 28.4 Å². The third-order valence-electron chi connectivity index (χ3n) is 3.51. The molecule has 122 valence electrons. The number of hydrogen-bond donors (Lipinski definition) is 2. The van der Waals surface area contributed by atoms with Crippen LogP contribution in [0.3, 0.4) is 0 Å². The van der Waals surface area contributed by atoms with Crippen molar-refractivity contribution in [3.63, 3.8) is 0 Å². The van der Waals surface area contributed by atoms with E-state index in [1.54, 1.807) is 19.5 Å². The van der Waals surface area contributed by atoms with Crippen LogP contribution in [-0.4, -0.2) is 22.1 Å². The van der Waals surface area contributed by atoms with E-state index in [2.05, 4.69) is 25.6 Å². The standard InChI is InChI=1S/C18H19N5O/c1-13-3-4-16(24-2)15(9-13)23-18-10-17(21-12-22-18)20-11-14-5-7-19-8-6-14/h3-10,12H,11H2,1-2H3,(H2,20,21,22,23). The molecule has 0 saturated heterocycles. The van der Waals surface area contributed by atoms with Gasteiger partial charge in [-0.1, -0.05) is 6.07 Å². The number of hydrogen-bond acceptors (Lipinski definition) is 6. The Hall–Kier alpha value is -3.15. The highest BCUT2D eigenvalue weighted by atomic mass is 16.5. The fourth-order valence-electron chi connectivity index (χ4n) is 2.27. The van der Waals surface area contributed by atoms with Crippen LogP contribution in [0.5, 0.6) is 5.75 Å². The Bertz CT molecular complexity index is 808. The van der Waals surface area contributed by atoms with E-state index in [0.29, 0.717) is 12.4 Å². The molecule has 0 atom stereocenters. The van der Waals surface area contributed by atoms with Gasteiger partial charge < -0.3 is 15.4 Å². The Morgan fingerprint density at radius 1 is 1.00 bits per heavy atom. The van der Waals surface area contributed by atoms with E-state index in [1.807, 2.05) is 43.3 Å². The van der Waals surface area contributed by atoms with Crippen molar-refractivity contribution < 1.29 is 4.74 Å². The molecule has 1 aromatic carbocycles. The zero-order valence-corrected chi connectivity index (χ0v) is 13.7. The summed E-state index contributed by atoms with van der Waals surface area (Å²) in [5.41, 5.74) is 3.15. The molecule has 0 saturated carbocycles. The molecule has 0 aliphatic rings. The van der Waals surface area contributed by atoms with Gasteiger partial charge in [0.2, 0.25) is 0 Å². The number of nitrogens with one attached hydrogen (secondary N) is 2. The molecule has 2 heterocycles. The molecule has 2 N–H and O–H groups in total. The summed E-state index contributed by atoms with van der Waals surface area (Å²) in [6.07, 6.45) is 5.07. The molecule has 0 spiro atoms. The number of anilines is 3. The Balaban J connectivity index is 1.72. The zero-order chi connectivity index (χ0) is 16.8. The highest BCUT2D eigenvalue weighted by molar-refractivity contribution is 5.66. The fraction of sp³-hybridized carbons (Fsp3) is 0.167. The highest BCUT2D eigenvalue weighted by Crippen LogP contribution is 2.28. The number of aryl methyl sites for hydroxylation is 1. The first kappa shape index (κ1) is 15.7. The van der Waals surface area contributed by atoms with E-state index >= 15 is 0 Å². The quantitative estimate of drug-likeness (QED) is 0.723. The van der Waals surface area contributed by atoms with Crippen LogP contribution in [0.4, 0.5) is 17.3 Å². The second-order valence-electron chi connectivity index (χ2n) is 5.33. The Morgan fingerprint density at radius 3 is 2.58 bits per heavy atom. The number of nitrogens with zero attached hydrogens (tertiary/aromatic N) is 3. The molecule has 0 fully saturated rings. The minimum absolute atomic E-state index is 0.673. The van der Waals surface area contributed by atoms with Gasteiger partial charge in [0.15, 0.2) is 0 Å². The Kier molecular flexibility index (Phi) is 4.86. The molecule has 3 aromatic rings. The summed E-state index contributed by atoms with van der Waals surface area (Å²) in [4.78, 5) is 12.5. The molecule has 0 unspecified atom stereocenters. The third-order valence-corrected chi connectivity index (χ3v) is 3.51. The van der Waals surface area contributed by atoms with E-state index in [4.69, 9.17) is 4.74 Å². The summed E-state index contributed by atoms with van der Waals surface area (Å²) in [5, 5.41) is 6.55. The van der Waals surface area contributed by atoms with Gasteiger partial charge in [-0.25, -0.2) is 9.97 Å². The molecule has 6 heteroatoms. The molecule has 0 aliphatic carbocycles. The molecule has 24 heavy (non-hydrogen) atoms. The fourth-order valence-corrected chi connectivity index (χ4v) is 2.27. The first-order valence-electron chi connectivity index (χ1n) is 7.61. The van der Waals surface area contributed by atoms with Crippen molar-refractivity contribution in [1.29, 1.82) is 0 Å². The minimum atomic E-state index is 0.673. The largest absolute Gasteiger partial charge is 0.495 e. The lowest BCUT2D eigenvalue weighted by Gasteiger charge is -2.12. The van der Waals surface area contributed by atoms with Crippen LogP contribution < -0.4 is 15.4 Å². The number of rotatable bonds is 6. The first-order chi connectivity index (χ1) is 11.7. The summed E-state index contributed by atoms with van der Waals surface area (Å²) in [7, 11) is 1.65. The van der Waals surface area contributed by atoms with Crippen molar-refractivity contribution in [2.24, 2.45) is 0 Å². The number of benzene rings is 1. The SMILES string of the molecule is COc1ccc(C)cc1Nc1cc(NCc2ccncc2)ncn1. The minimum Gasteiger partial charge on any atom is -0.495 e. The van der Waals surface area contributed by atoms with Gasteiger partial charge in [-0.05, 0) is 42.3 Å². The van der Waals surface area contributed by atoms with E-state index in [1.165, 1.54) is 6.33 Å². The summed E-state index contributed by atoms with van der Waals surface area (Å²) in [6, 6.07) is 11.7. The predicted octanol–water partition coefficient (Wildman–Crippen LogP) is 3.54. The van der Waals surface area contributed by atoms with Gasteiger partial charge in [0, 0.05) is 25.0 Å². The maximum atomic E-state index is 5.38. The maximum Gasteiger partial charge on any atom is 0.142 e. The van der Waals surface area contributed by atoms with Gasteiger partial charge in [0.1, 0.15) is 23.7 Å². The van der Waals surface area contributed by atoms with Crippen molar-refractivity contribution in [3.8, 4) is 5.75 Å². The summed E-state index contributed by atoms with van der Waals surface area (Å²) < 4.78 is 5.38. The van der Waals surface area contributed by atoms with Gasteiger partial charge in [-0.3, -0.25) is 4.98 Å².